The topological polar surface area (TPSA) is 81.7 Å². The third-order valence-electron chi connectivity index (χ3n) is 5.84. The highest BCUT2D eigenvalue weighted by Crippen LogP contribution is 2.47. The van der Waals surface area contributed by atoms with Crippen molar-refractivity contribution in [2.75, 3.05) is 13.2 Å². The van der Waals surface area contributed by atoms with Crippen LogP contribution in [0.2, 0.25) is 0 Å². The number of nitrogens with one attached hydrogen (secondary N) is 1. The lowest BCUT2D eigenvalue weighted by Crippen LogP contribution is -2.32. The average molecular weight is 431 g/mol. The van der Waals surface area contributed by atoms with E-state index < -0.39 is 17.9 Å². The Morgan fingerprint density at radius 3 is 1.91 bits per heavy atom. The van der Waals surface area contributed by atoms with Crippen molar-refractivity contribution in [3.63, 3.8) is 0 Å². The molecule has 2 aromatic rings. The van der Waals surface area contributed by atoms with E-state index in [1.54, 1.807) is 45.9 Å². The number of fused-ring (bicyclic) bond motifs is 3. The summed E-state index contributed by atoms with van der Waals surface area (Å²) in [5.74, 6) is -1.81. The maximum Gasteiger partial charge on any atom is 0.336 e. The Kier molecular flexibility index (Phi) is 5.70. The summed E-state index contributed by atoms with van der Waals surface area (Å²) in [7, 11) is 0. The number of rotatable bonds is 5. The average Bonchev–Trinajstić information content (AvgIpc) is 3.06. The number of esters is 2. The number of ether oxygens (including phenoxy) is 2. The molecule has 6 nitrogen and oxygen atoms in total. The molecular weight excluding hydrogens is 406 g/mol. The summed E-state index contributed by atoms with van der Waals surface area (Å²) in [5, 5.41) is 3.14. The smallest absolute Gasteiger partial charge is 0.336 e. The highest BCUT2D eigenvalue weighted by molar-refractivity contribution is 6.22. The Morgan fingerprint density at radius 1 is 0.812 bits per heavy atom. The lowest BCUT2D eigenvalue weighted by atomic mass is 9.77. The molecule has 0 amide bonds. The van der Waals surface area contributed by atoms with Gasteiger partial charge in [0.15, 0.2) is 5.78 Å². The second-order valence-electron chi connectivity index (χ2n) is 7.72. The Hall–Kier alpha value is -3.67. The quantitative estimate of drug-likeness (QED) is 0.608. The molecule has 0 atom stereocenters. The minimum Gasteiger partial charge on any atom is -0.463 e. The van der Waals surface area contributed by atoms with Crippen LogP contribution in [0, 0.1) is 0 Å². The van der Waals surface area contributed by atoms with Gasteiger partial charge in [-0.15, -0.1) is 0 Å². The van der Waals surface area contributed by atoms with Crippen LogP contribution in [0.1, 0.15) is 55.1 Å². The van der Waals surface area contributed by atoms with Crippen LogP contribution < -0.4 is 5.32 Å². The summed E-state index contributed by atoms with van der Waals surface area (Å²) in [6.45, 7) is 7.45. The molecule has 0 radical (unpaired) electrons. The van der Waals surface area contributed by atoms with Gasteiger partial charge in [0.05, 0.1) is 30.3 Å². The first kappa shape index (κ1) is 21.6. The van der Waals surface area contributed by atoms with Crippen molar-refractivity contribution < 1.29 is 23.9 Å². The van der Waals surface area contributed by atoms with E-state index in [9.17, 15) is 14.4 Å². The standard InChI is InChI=1S/C26H25NO5/c1-5-31-25(29)20-14(3)27-15(4)21(26(30)32-6-2)23(20)18-12-9-13-19-22(18)16-10-7-8-11-17(16)24(19)28/h7-13,23,27H,5-6H2,1-4H3. The summed E-state index contributed by atoms with van der Waals surface area (Å²) in [4.78, 5) is 39.2. The van der Waals surface area contributed by atoms with Gasteiger partial charge in [-0.25, -0.2) is 9.59 Å². The van der Waals surface area contributed by atoms with Gasteiger partial charge in [0, 0.05) is 22.5 Å². The number of benzene rings is 2. The molecule has 0 fully saturated rings. The van der Waals surface area contributed by atoms with Gasteiger partial charge < -0.3 is 14.8 Å². The molecule has 6 heteroatoms. The molecule has 0 unspecified atom stereocenters. The third kappa shape index (κ3) is 3.32. The van der Waals surface area contributed by atoms with Gasteiger partial charge in [-0.2, -0.15) is 0 Å². The van der Waals surface area contributed by atoms with Crippen molar-refractivity contribution in [2.24, 2.45) is 0 Å². The maximum absolute atomic E-state index is 13.1. The normalized spacial score (nSPS) is 15.3. The van der Waals surface area contributed by atoms with E-state index in [-0.39, 0.29) is 19.0 Å². The van der Waals surface area contributed by atoms with E-state index in [1.165, 1.54) is 0 Å². The molecule has 0 bridgehead atoms. The number of carbonyl (C=O) groups excluding carboxylic acids is 3. The molecule has 2 aromatic carbocycles. The minimum atomic E-state index is -0.733. The van der Waals surface area contributed by atoms with Crippen LogP contribution in [0.5, 0.6) is 0 Å². The summed E-state index contributed by atoms with van der Waals surface area (Å²) < 4.78 is 10.7. The number of dihydropyridines is 1. The highest BCUT2D eigenvalue weighted by Gasteiger charge is 2.41. The fraction of sp³-hybridized carbons (Fsp3) is 0.269. The second-order valence-corrected chi connectivity index (χ2v) is 7.72. The van der Waals surface area contributed by atoms with Crippen molar-refractivity contribution in [3.05, 3.63) is 81.7 Å². The Morgan fingerprint density at radius 2 is 1.34 bits per heavy atom. The van der Waals surface area contributed by atoms with Gasteiger partial charge in [-0.05, 0) is 44.4 Å². The van der Waals surface area contributed by atoms with Gasteiger partial charge in [0.2, 0.25) is 0 Å². The Balaban J connectivity index is 2.01. The van der Waals surface area contributed by atoms with Crippen LogP contribution >= 0.6 is 0 Å². The van der Waals surface area contributed by atoms with E-state index in [1.807, 2.05) is 24.3 Å². The monoisotopic (exact) mass is 431 g/mol. The Labute approximate surface area is 186 Å². The zero-order valence-electron chi connectivity index (χ0n) is 18.6. The fourth-order valence-electron chi connectivity index (χ4n) is 4.61. The molecule has 1 aliphatic carbocycles. The molecule has 0 aromatic heterocycles. The van der Waals surface area contributed by atoms with Gasteiger partial charge in [-0.1, -0.05) is 42.5 Å². The first-order chi connectivity index (χ1) is 15.4. The first-order valence-electron chi connectivity index (χ1n) is 10.7. The van der Waals surface area contributed by atoms with Gasteiger partial charge in [0.25, 0.3) is 0 Å². The molecule has 0 saturated heterocycles. The zero-order valence-corrected chi connectivity index (χ0v) is 18.6. The zero-order chi connectivity index (χ0) is 23.0. The molecule has 0 saturated carbocycles. The van der Waals surface area contributed by atoms with E-state index in [4.69, 9.17) is 9.47 Å². The van der Waals surface area contributed by atoms with Crippen LogP contribution in [0.3, 0.4) is 0 Å². The second kappa shape index (κ2) is 8.46. The van der Waals surface area contributed by atoms with Crippen LogP contribution in [0.15, 0.2) is 65.0 Å². The van der Waals surface area contributed by atoms with Crippen LogP contribution in [0.4, 0.5) is 0 Å². The molecule has 1 aliphatic heterocycles. The van der Waals surface area contributed by atoms with Gasteiger partial charge in [0.1, 0.15) is 0 Å². The number of allylic oxidation sites excluding steroid dienone is 2. The molecule has 164 valence electrons. The predicted molar refractivity (Wildman–Crippen MR) is 120 cm³/mol. The van der Waals surface area contributed by atoms with Crippen molar-refractivity contribution in [1.82, 2.24) is 5.32 Å². The molecule has 1 heterocycles. The predicted octanol–water partition coefficient (Wildman–Crippen LogP) is 4.26. The number of carbonyl (C=O) groups is 3. The number of ketones is 1. The van der Waals surface area contributed by atoms with E-state index >= 15 is 0 Å². The largest absolute Gasteiger partial charge is 0.463 e. The maximum atomic E-state index is 13.1. The van der Waals surface area contributed by atoms with Gasteiger partial charge >= 0.3 is 11.9 Å². The van der Waals surface area contributed by atoms with Crippen LogP contribution in [0.25, 0.3) is 11.1 Å². The van der Waals surface area contributed by atoms with Gasteiger partial charge in [-0.3, -0.25) is 4.79 Å². The SMILES string of the molecule is CCOC(=O)C1=C(C)NC(C)=C(C(=O)OCC)C1c1cccc2c1-c1ccccc1C2=O. The Bertz CT molecular complexity index is 1160. The highest BCUT2D eigenvalue weighted by atomic mass is 16.5. The number of hydrogen-bond acceptors (Lipinski definition) is 6. The summed E-state index contributed by atoms with van der Waals surface area (Å²) in [5.41, 5.74) is 5.30. The molecular formula is C26H25NO5. The van der Waals surface area contributed by atoms with E-state index in [2.05, 4.69) is 5.32 Å². The molecule has 0 spiro atoms. The molecule has 32 heavy (non-hydrogen) atoms. The van der Waals surface area contributed by atoms with E-state index in [0.29, 0.717) is 39.2 Å². The van der Waals surface area contributed by atoms with Crippen LogP contribution in [-0.2, 0) is 19.1 Å². The lowest BCUT2D eigenvalue weighted by molar-refractivity contribution is -0.139. The van der Waals surface area contributed by atoms with Crippen molar-refractivity contribution in [2.45, 2.75) is 33.6 Å². The van der Waals surface area contributed by atoms with Crippen molar-refractivity contribution in [1.29, 1.82) is 0 Å². The third-order valence-corrected chi connectivity index (χ3v) is 5.84. The molecule has 2 aliphatic rings. The van der Waals surface area contributed by atoms with Crippen LogP contribution in [-0.4, -0.2) is 30.9 Å². The molecule has 4 rings (SSSR count). The fourth-order valence-corrected chi connectivity index (χ4v) is 4.61. The first-order valence-corrected chi connectivity index (χ1v) is 10.7. The van der Waals surface area contributed by atoms with E-state index in [0.717, 1.165) is 11.1 Å². The summed E-state index contributed by atoms with van der Waals surface area (Å²) in [6.07, 6.45) is 0. The summed E-state index contributed by atoms with van der Waals surface area (Å²) >= 11 is 0. The number of hydrogen-bond donors (Lipinski definition) is 1. The minimum absolute atomic E-state index is 0.0665. The summed E-state index contributed by atoms with van der Waals surface area (Å²) in [6, 6.07) is 12.8. The lowest BCUT2D eigenvalue weighted by Gasteiger charge is -2.31. The van der Waals surface area contributed by atoms with Crippen molar-refractivity contribution >= 4 is 17.7 Å². The molecule has 1 N–H and O–H groups in total. The van der Waals surface area contributed by atoms with Crippen molar-refractivity contribution in [3.8, 4) is 11.1 Å².